The normalized spacial score (nSPS) is 11.4. The van der Waals surface area contributed by atoms with Crippen molar-refractivity contribution in [2.75, 3.05) is 0 Å². The lowest BCUT2D eigenvalue weighted by Gasteiger charge is -1.98. The Balaban J connectivity index is 2.33. The Morgan fingerprint density at radius 3 is 2.88 bits per heavy atom. The molecule has 16 heavy (non-hydrogen) atoms. The molecular weight excluding hydrogens is 244 g/mol. The van der Waals surface area contributed by atoms with Gasteiger partial charge in [0, 0.05) is 5.69 Å². The molecule has 6 nitrogen and oxygen atoms in total. The third kappa shape index (κ3) is 1.30. The molecule has 3 aromatic heterocycles. The Bertz CT molecular complexity index is 714. The summed E-state index contributed by atoms with van der Waals surface area (Å²) in [5.74, 6) is 0.632. The maximum absolute atomic E-state index is 5.06. The van der Waals surface area contributed by atoms with Crippen LogP contribution in [0, 0.1) is 17.8 Å². The molecule has 0 radical (unpaired) electrons. The predicted molar refractivity (Wildman–Crippen MR) is 62.6 cm³/mol. The van der Waals surface area contributed by atoms with E-state index in [4.69, 9.17) is 12.2 Å². The van der Waals surface area contributed by atoms with Crippen molar-refractivity contribution < 1.29 is 0 Å². The third-order valence-electron chi connectivity index (χ3n) is 2.20. The standard InChI is InChI=1S/C8H8N6S2/c1-4-3-5(2)13(11-4)6-9-10-7-14(6)12-8(15)16-7/h3H,1-2H3,(H,12,15). The van der Waals surface area contributed by atoms with Gasteiger partial charge >= 0.3 is 0 Å². The Morgan fingerprint density at radius 1 is 1.38 bits per heavy atom. The van der Waals surface area contributed by atoms with Gasteiger partial charge in [0.25, 0.3) is 5.95 Å². The van der Waals surface area contributed by atoms with Crippen molar-refractivity contribution in [1.82, 2.24) is 29.6 Å². The zero-order valence-corrected chi connectivity index (χ0v) is 10.3. The van der Waals surface area contributed by atoms with Crippen LogP contribution in [0.25, 0.3) is 10.9 Å². The zero-order valence-electron chi connectivity index (χ0n) is 8.63. The highest BCUT2D eigenvalue weighted by Crippen LogP contribution is 2.14. The highest BCUT2D eigenvalue weighted by Gasteiger charge is 2.12. The molecule has 0 unspecified atom stereocenters. The molecule has 0 aliphatic rings. The molecule has 8 heteroatoms. The quantitative estimate of drug-likeness (QED) is 0.669. The summed E-state index contributed by atoms with van der Waals surface area (Å²) < 4.78 is 4.16. The first kappa shape index (κ1) is 9.67. The minimum Gasteiger partial charge on any atom is -0.270 e. The van der Waals surface area contributed by atoms with Crippen LogP contribution in [0.4, 0.5) is 0 Å². The number of aromatic nitrogens is 6. The number of fused-ring (bicyclic) bond motifs is 1. The van der Waals surface area contributed by atoms with Crippen molar-refractivity contribution >= 4 is 28.5 Å². The molecule has 0 aromatic carbocycles. The molecular formula is C8H8N6S2. The molecule has 3 rings (SSSR count). The van der Waals surface area contributed by atoms with Gasteiger partial charge < -0.3 is 0 Å². The number of nitrogens with zero attached hydrogens (tertiary/aromatic N) is 5. The summed E-state index contributed by atoms with van der Waals surface area (Å²) in [6.07, 6.45) is 0. The molecule has 0 amide bonds. The maximum atomic E-state index is 5.06. The summed E-state index contributed by atoms with van der Waals surface area (Å²) in [6.45, 7) is 3.92. The Kier molecular flexibility index (Phi) is 1.95. The van der Waals surface area contributed by atoms with Crippen molar-refractivity contribution in [1.29, 1.82) is 0 Å². The van der Waals surface area contributed by atoms with Crippen molar-refractivity contribution in [3.05, 3.63) is 21.4 Å². The first-order valence-electron chi connectivity index (χ1n) is 4.63. The highest BCUT2D eigenvalue weighted by atomic mass is 32.1. The topological polar surface area (TPSA) is 63.8 Å². The van der Waals surface area contributed by atoms with E-state index in [1.165, 1.54) is 11.3 Å². The van der Waals surface area contributed by atoms with Crippen molar-refractivity contribution in [2.24, 2.45) is 0 Å². The molecule has 0 saturated carbocycles. The van der Waals surface area contributed by atoms with Crippen LogP contribution in [0.5, 0.6) is 0 Å². The summed E-state index contributed by atoms with van der Waals surface area (Å²) in [4.78, 5) is 0.743. The van der Waals surface area contributed by atoms with E-state index in [9.17, 15) is 0 Å². The molecule has 0 atom stereocenters. The van der Waals surface area contributed by atoms with E-state index in [2.05, 4.69) is 20.4 Å². The van der Waals surface area contributed by atoms with Crippen molar-refractivity contribution in [3.8, 4) is 5.95 Å². The highest BCUT2D eigenvalue weighted by molar-refractivity contribution is 7.73. The molecule has 3 heterocycles. The molecule has 1 N–H and O–H groups in total. The molecule has 0 aliphatic heterocycles. The van der Waals surface area contributed by atoms with Gasteiger partial charge in [-0.3, -0.25) is 5.10 Å². The van der Waals surface area contributed by atoms with Gasteiger partial charge in [-0.05, 0) is 32.1 Å². The second-order valence-electron chi connectivity index (χ2n) is 3.46. The minimum absolute atomic E-state index is 0.632. The maximum Gasteiger partial charge on any atom is 0.272 e. The van der Waals surface area contributed by atoms with Gasteiger partial charge in [-0.2, -0.15) is 9.61 Å². The van der Waals surface area contributed by atoms with Crippen LogP contribution in [0.1, 0.15) is 11.4 Å². The zero-order chi connectivity index (χ0) is 11.3. The Labute approximate surface area is 99.5 Å². The van der Waals surface area contributed by atoms with Gasteiger partial charge in [-0.25, -0.2) is 4.68 Å². The van der Waals surface area contributed by atoms with Gasteiger partial charge in [-0.15, -0.1) is 10.2 Å². The molecule has 0 bridgehead atoms. The van der Waals surface area contributed by atoms with Crippen LogP contribution < -0.4 is 0 Å². The van der Waals surface area contributed by atoms with E-state index in [0.29, 0.717) is 9.90 Å². The fraction of sp³-hybridized carbons (Fsp3) is 0.250. The number of aryl methyl sites for hydroxylation is 2. The summed E-state index contributed by atoms with van der Waals surface area (Å²) in [5, 5.41) is 15.5. The average molecular weight is 252 g/mol. The van der Waals surface area contributed by atoms with Gasteiger partial charge in [0.05, 0.1) is 5.69 Å². The van der Waals surface area contributed by atoms with Gasteiger partial charge in [0.2, 0.25) is 4.96 Å². The van der Waals surface area contributed by atoms with Gasteiger partial charge in [0.15, 0.2) is 3.95 Å². The number of H-pyrrole nitrogens is 1. The van der Waals surface area contributed by atoms with Gasteiger partial charge in [-0.1, -0.05) is 11.3 Å². The third-order valence-corrected chi connectivity index (χ3v) is 3.27. The molecule has 0 fully saturated rings. The molecule has 82 valence electrons. The van der Waals surface area contributed by atoms with E-state index < -0.39 is 0 Å². The fourth-order valence-corrected chi connectivity index (χ4v) is 2.51. The second-order valence-corrected chi connectivity index (χ2v) is 5.10. The minimum atomic E-state index is 0.632. The van der Waals surface area contributed by atoms with E-state index in [-0.39, 0.29) is 0 Å². The largest absolute Gasteiger partial charge is 0.272 e. The molecule has 0 aliphatic carbocycles. The lowest BCUT2D eigenvalue weighted by atomic mass is 10.4. The molecule has 0 saturated heterocycles. The van der Waals surface area contributed by atoms with Crippen LogP contribution in [0.3, 0.4) is 0 Å². The predicted octanol–water partition coefficient (Wildman–Crippen LogP) is 1.65. The number of hydrogen-bond donors (Lipinski definition) is 1. The summed E-state index contributed by atoms with van der Waals surface area (Å²) >= 11 is 6.45. The number of hydrogen-bond acceptors (Lipinski definition) is 5. The van der Waals surface area contributed by atoms with E-state index in [1.807, 2.05) is 19.9 Å². The van der Waals surface area contributed by atoms with Crippen LogP contribution in [-0.4, -0.2) is 29.6 Å². The summed E-state index contributed by atoms with van der Waals surface area (Å²) in [5.41, 5.74) is 1.96. The summed E-state index contributed by atoms with van der Waals surface area (Å²) in [6, 6.07) is 1.99. The monoisotopic (exact) mass is 252 g/mol. The first-order valence-corrected chi connectivity index (χ1v) is 5.85. The van der Waals surface area contributed by atoms with Gasteiger partial charge in [0.1, 0.15) is 0 Å². The Morgan fingerprint density at radius 2 is 2.19 bits per heavy atom. The van der Waals surface area contributed by atoms with Crippen LogP contribution >= 0.6 is 23.6 Å². The second kappa shape index (κ2) is 3.22. The number of aromatic amines is 1. The number of rotatable bonds is 1. The van der Waals surface area contributed by atoms with Crippen molar-refractivity contribution in [3.63, 3.8) is 0 Å². The van der Waals surface area contributed by atoms with Crippen LogP contribution in [0.15, 0.2) is 6.07 Å². The average Bonchev–Trinajstić information content (AvgIpc) is 2.80. The molecule has 0 spiro atoms. The number of nitrogens with one attached hydrogen (secondary N) is 1. The molecule has 3 aromatic rings. The Hall–Kier alpha value is -1.54. The van der Waals surface area contributed by atoms with E-state index in [1.54, 1.807) is 9.20 Å². The summed E-state index contributed by atoms with van der Waals surface area (Å²) in [7, 11) is 0. The van der Waals surface area contributed by atoms with Crippen LogP contribution in [0.2, 0.25) is 0 Å². The first-order chi connectivity index (χ1) is 7.65. The van der Waals surface area contributed by atoms with E-state index in [0.717, 1.165) is 16.3 Å². The van der Waals surface area contributed by atoms with Crippen LogP contribution in [-0.2, 0) is 0 Å². The smallest absolute Gasteiger partial charge is 0.270 e. The SMILES string of the molecule is Cc1cc(C)n(-c2nnc3sc(=S)[nH]n23)n1. The van der Waals surface area contributed by atoms with E-state index >= 15 is 0 Å². The van der Waals surface area contributed by atoms with Crippen molar-refractivity contribution in [2.45, 2.75) is 13.8 Å². The lowest BCUT2D eigenvalue weighted by molar-refractivity contribution is 0.737. The fourth-order valence-electron chi connectivity index (χ4n) is 1.59. The lowest BCUT2D eigenvalue weighted by Crippen LogP contribution is -2.05.